The molecule has 19 heavy (non-hydrogen) atoms. The third-order valence-corrected chi connectivity index (χ3v) is 4.62. The Morgan fingerprint density at radius 2 is 1.95 bits per heavy atom. The largest absolute Gasteiger partial charge is 0.370 e. The summed E-state index contributed by atoms with van der Waals surface area (Å²) in [5.74, 6) is 2.10. The molecule has 1 saturated carbocycles. The van der Waals surface area contributed by atoms with E-state index in [4.69, 9.17) is 5.73 Å². The van der Waals surface area contributed by atoms with Crippen molar-refractivity contribution >= 4 is 5.96 Å². The van der Waals surface area contributed by atoms with Crippen LogP contribution in [0.15, 0.2) is 4.99 Å². The molecular weight excluding hydrogens is 236 g/mol. The fourth-order valence-electron chi connectivity index (χ4n) is 3.01. The molecule has 0 aromatic heterocycles. The highest BCUT2D eigenvalue weighted by Crippen LogP contribution is 2.25. The highest BCUT2D eigenvalue weighted by Gasteiger charge is 2.24. The van der Waals surface area contributed by atoms with Gasteiger partial charge in [-0.15, -0.1) is 0 Å². The summed E-state index contributed by atoms with van der Waals surface area (Å²) in [5.41, 5.74) is 5.97. The van der Waals surface area contributed by atoms with E-state index in [9.17, 15) is 0 Å². The van der Waals surface area contributed by atoms with Crippen molar-refractivity contribution in [1.29, 1.82) is 0 Å². The third-order valence-electron chi connectivity index (χ3n) is 4.62. The van der Waals surface area contributed by atoms with Gasteiger partial charge < -0.3 is 11.1 Å². The molecule has 1 aliphatic carbocycles. The van der Waals surface area contributed by atoms with Gasteiger partial charge in [-0.05, 0) is 50.6 Å². The summed E-state index contributed by atoms with van der Waals surface area (Å²) in [5, 5.41) is 3.28. The highest BCUT2D eigenvalue weighted by atomic mass is 15.2. The van der Waals surface area contributed by atoms with Crippen LogP contribution in [0, 0.1) is 11.8 Å². The number of hydrogen-bond acceptors (Lipinski definition) is 2. The molecule has 2 rings (SSSR count). The number of rotatable bonds is 6. The normalized spacial score (nSPS) is 23.6. The lowest BCUT2D eigenvalue weighted by molar-refractivity contribution is 0.197. The Balaban J connectivity index is 1.75. The van der Waals surface area contributed by atoms with E-state index < -0.39 is 0 Å². The second-order valence-corrected chi connectivity index (χ2v) is 6.46. The molecule has 0 spiro atoms. The summed E-state index contributed by atoms with van der Waals surface area (Å²) in [6.45, 7) is 8.88. The molecule has 3 N–H and O–H groups in total. The minimum Gasteiger partial charge on any atom is -0.370 e. The topological polar surface area (TPSA) is 53.6 Å². The molecule has 0 amide bonds. The van der Waals surface area contributed by atoms with Crippen LogP contribution in [0.5, 0.6) is 0 Å². The van der Waals surface area contributed by atoms with Crippen molar-refractivity contribution in [2.24, 2.45) is 22.6 Å². The average Bonchev–Trinajstić information content (AvgIpc) is 2.80. The number of likely N-dealkylation sites (tertiary alicyclic amines) is 1. The molecule has 1 aliphatic heterocycles. The number of nitrogens with two attached hydrogens (primary N) is 1. The first-order chi connectivity index (χ1) is 9.16. The molecular formula is C15H30N4. The zero-order valence-corrected chi connectivity index (χ0v) is 12.6. The average molecular weight is 266 g/mol. The molecule has 4 heteroatoms. The van der Waals surface area contributed by atoms with Crippen LogP contribution in [-0.4, -0.2) is 43.1 Å². The van der Waals surface area contributed by atoms with Crippen LogP contribution >= 0.6 is 0 Å². The number of hydrogen-bond donors (Lipinski definition) is 2. The van der Waals surface area contributed by atoms with Crippen molar-refractivity contribution in [2.45, 2.75) is 52.0 Å². The van der Waals surface area contributed by atoms with Crippen molar-refractivity contribution in [3.8, 4) is 0 Å². The maximum atomic E-state index is 5.97. The highest BCUT2D eigenvalue weighted by molar-refractivity contribution is 5.77. The maximum absolute atomic E-state index is 5.97. The van der Waals surface area contributed by atoms with Gasteiger partial charge in [0.2, 0.25) is 0 Å². The number of guanidine groups is 1. The number of nitrogens with one attached hydrogen (secondary N) is 1. The molecule has 1 atom stereocenters. The molecule has 0 radical (unpaired) electrons. The van der Waals surface area contributed by atoms with Crippen molar-refractivity contribution in [1.82, 2.24) is 10.2 Å². The summed E-state index contributed by atoms with van der Waals surface area (Å²) in [6.07, 6.45) is 6.75. The van der Waals surface area contributed by atoms with Crippen LogP contribution in [-0.2, 0) is 0 Å². The molecule has 110 valence electrons. The van der Waals surface area contributed by atoms with Gasteiger partial charge >= 0.3 is 0 Å². The van der Waals surface area contributed by atoms with Gasteiger partial charge in [0, 0.05) is 12.6 Å². The number of nitrogens with zero attached hydrogens (tertiary/aromatic N) is 2. The molecule has 0 bridgehead atoms. The van der Waals surface area contributed by atoms with Crippen LogP contribution in [0.1, 0.15) is 46.0 Å². The lowest BCUT2D eigenvalue weighted by atomic mass is 9.85. The predicted octanol–water partition coefficient (Wildman–Crippen LogP) is 1.81. The SMILES string of the molecule is CC(C)C(CN=C(N)NCC1CCC1)N1CCCC1. The van der Waals surface area contributed by atoms with E-state index in [2.05, 4.69) is 29.1 Å². The molecule has 1 saturated heterocycles. The third kappa shape index (κ3) is 4.37. The van der Waals surface area contributed by atoms with E-state index in [1.54, 1.807) is 0 Å². The van der Waals surface area contributed by atoms with Crippen molar-refractivity contribution in [3.63, 3.8) is 0 Å². The fraction of sp³-hybridized carbons (Fsp3) is 0.933. The van der Waals surface area contributed by atoms with Crippen molar-refractivity contribution in [2.75, 3.05) is 26.2 Å². The molecule has 0 aromatic rings. The Morgan fingerprint density at radius 3 is 2.47 bits per heavy atom. The van der Waals surface area contributed by atoms with Crippen molar-refractivity contribution in [3.05, 3.63) is 0 Å². The zero-order valence-electron chi connectivity index (χ0n) is 12.6. The van der Waals surface area contributed by atoms with Crippen LogP contribution < -0.4 is 11.1 Å². The van der Waals surface area contributed by atoms with Crippen LogP contribution in [0.2, 0.25) is 0 Å². The molecule has 1 heterocycles. The van der Waals surface area contributed by atoms with Crippen LogP contribution in [0.3, 0.4) is 0 Å². The Bertz CT molecular complexity index is 291. The van der Waals surface area contributed by atoms with E-state index in [0.29, 0.717) is 17.9 Å². The number of aliphatic imine (C=N–C) groups is 1. The Hall–Kier alpha value is -0.770. The van der Waals surface area contributed by atoms with E-state index in [0.717, 1.165) is 19.0 Å². The minimum absolute atomic E-state index is 0.548. The standard InChI is InChI=1S/C15H30N4/c1-12(2)14(19-8-3-4-9-19)11-18-15(16)17-10-13-6-5-7-13/h12-14H,3-11H2,1-2H3,(H3,16,17,18). The van der Waals surface area contributed by atoms with Gasteiger partial charge in [-0.2, -0.15) is 0 Å². The lowest BCUT2D eigenvalue weighted by Gasteiger charge is -2.29. The Morgan fingerprint density at radius 1 is 1.26 bits per heavy atom. The van der Waals surface area contributed by atoms with Crippen LogP contribution in [0.25, 0.3) is 0 Å². The first kappa shape index (κ1) is 14.6. The molecule has 2 fully saturated rings. The first-order valence-electron chi connectivity index (χ1n) is 7.94. The van der Waals surface area contributed by atoms with Gasteiger partial charge in [0.05, 0.1) is 6.54 Å². The summed E-state index contributed by atoms with van der Waals surface area (Å²) >= 11 is 0. The Labute approximate surface area is 117 Å². The van der Waals surface area contributed by atoms with E-state index in [1.807, 2.05) is 0 Å². The minimum atomic E-state index is 0.548. The van der Waals surface area contributed by atoms with E-state index in [1.165, 1.54) is 45.2 Å². The smallest absolute Gasteiger partial charge is 0.188 e. The summed E-state index contributed by atoms with van der Waals surface area (Å²) in [6, 6.07) is 0.548. The van der Waals surface area contributed by atoms with Gasteiger partial charge in [0.15, 0.2) is 5.96 Å². The van der Waals surface area contributed by atoms with Gasteiger partial charge in [0.25, 0.3) is 0 Å². The predicted molar refractivity (Wildman–Crippen MR) is 81.3 cm³/mol. The summed E-state index contributed by atoms with van der Waals surface area (Å²) in [7, 11) is 0. The van der Waals surface area contributed by atoms with Crippen LogP contribution in [0.4, 0.5) is 0 Å². The zero-order chi connectivity index (χ0) is 13.7. The van der Waals surface area contributed by atoms with Gasteiger partial charge in [-0.3, -0.25) is 9.89 Å². The van der Waals surface area contributed by atoms with Gasteiger partial charge in [0.1, 0.15) is 0 Å². The molecule has 1 unspecified atom stereocenters. The quantitative estimate of drug-likeness (QED) is 0.569. The summed E-state index contributed by atoms with van der Waals surface area (Å²) in [4.78, 5) is 7.14. The molecule has 0 aromatic carbocycles. The first-order valence-corrected chi connectivity index (χ1v) is 7.94. The lowest BCUT2D eigenvalue weighted by Crippen LogP contribution is -2.41. The van der Waals surface area contributed by atoms with Gasteiger partial charge in [-0.1, -0.05) is 20.3 Å². The van der Waals surface area contributed by atoms with Crippen molar-refractivity contribution < 1.29 is 0 Å². The second-order valence-electron chi connectivity index (χ2n) is 6.46. The molecule has 2 aliphatic rings. The summed E-state index contributed by atoms with van der Waals surface area (Å²) < 4.78 is 0. The Kier molecular flexibility index (Phi) is 5.49. The fourth-order valence-corrected chi connectivity index (χ4v) is 3.01. The monoisotopic (exact) mass is 266 g/mol. The van der Waals surface area contributed by atoms with E-state index >= 15 is 0 Å². The maximum Gasteiger partial charge on any atom is 0.188 e. The molecule has 4 nitrogen and oxygen atoms in total. The van der Waals surface area contributed by atoms with Gasteiger partial charge in [-0.25, -0.2) is 0 Å². The second kappa shape index (κ2) is 7.13. The van der Waals surface area contributed by atoms with E-state index in [-0.39, 0.29) is 0 Å².